The molecule has 0 spiro atoms. The number of carbonyl (C=O) groups excluding carboxylic acids is 9. The van der Waals surface area contributed by atoms with Gasteiger partial charge in [-0.15, -0.1) is 0 Å². The number of likely N-dealkylation sites (N-methyl/N-ethyl adjacent to an activating group) is 1. The number of hydrogen-bond acceptors (Lipinski definition) is 24. The molecule has 26 heteroatoms. The van der Waals surface area contributed by atoms with Gasteiger partial charge in [-0.1, -0.05) is 51.5 Å². The minimum atomic E-state index is -0.836. The predicted molar refractivity (Wildman–Crippen MR) is 327 cm³/mol. The first-order valence-corrected chi connectivity index (χ1v) is 30.4. The monoisotopic (exact) mass is 1260 g/mol. The number of nitrogens with one attached hydrogen (secondary N) is 2. The Morgan fingerprint density at radius 1 is 0.868 bits per heavy atom. The average molecular weight is 1260 g/mol. The third kappa shape index (κ3) is 16.6. The molecule has 2 aliphatic carbocycles. The summed E-state index contributed by atoms with van der Waals surface area (Å²) in [6, 6.07) is 12.7. The SMILES string of the molecule is CC(=O)CCCNC(=O)c1ccc(CCC2=NC3C(=O)NC(N)=NC3N=C2)cc1.CC[C@@]1(C)C[C@H](O[C@H]2C[C@@H](N(C)C)[C@H](O[C@H]3C[C@@H](O)[C@H](O[C@H]4CCC(=NC)C(C)O4)C(C)O3)C(C)O2)c2c(cc3c(c2O)C(=O)c2c(O)cccc2C3=O)[C@H]1C.O=C=O.O=C=O. The van der Waals surface area contributed by atoms with Crippen LogP contribution in [0.25, 0.3) is 0 Å². The molecular formula is C65H82N8O18. The van der Waals surface area contributed by atoms with E-state index in [2.05, 4.69) is 56.3 Å². The molecule has 3 fully saturated rings. The molecule has 26 nitrogen and oxygen atoms in total. The van der Waals surface area contributed by atoms with Crippen molar-refractivity contribution in [2.45, 2.75) is 198 Å². The number of ether oxygens (including phenoxy) is 6. The van der Waals surface area contributed by atoms with Crippen LogP contribution in [0.1, 0.15) is 177 Å². The smallest absolute Gasteiger partial charge is 0.373 e. The van der Waals surface area contributed by atoms with Gasteiger partial charge in [-0.3, -0.25) is 39.5 Å². The summed E-state index contributed by atoms with van der Waals surface area (Å²) in [5.74, 6) is -1.94. The number of fused-ring (bicyclic) bond motifs is 4. The number of hydrogen-bond donors (Lipinski definition) is 6. The highest BCUT2D eigenvalue weighted by atomic mass is 16.7. The zero-order valence-corrected chi connectivity index (χ0v) is 52.8. The molecule has 3 aromatic carbocycles. The zero-order chi connectivity index (χ0) is 66.6. The summed E-state index contributed by atoms with van der Waals surface area (Å²) in [6.45, 7) is 14.1. The number of ketones is 3. The molecule has 2 amide bonds. The first kappa shape index (κ1) is 70.6. The van der Waals surface area contributed by atoms with Crippen LogP contribution in [0.3, 0.4) is 0 Å². The quantitative estimate of drug-likeness (QED) is 0.0804. The summed E-state index contributed by atoms with van der Waals surface area (Å²) >= 11 is 0. The highest BCUT2D eigenvalue weighted by molar-refractivity contribution is 6.32. The van der Waals surface area contributed by atoms with Gasteiger partial charge in [0.1, 0.15) is 29.5 Å². The van der Waals surface area contributed by atoms with E-state index in [1.54, 1.807) is 31.5 Å². The third-order valence-electron chi connectivity index (χ3n) is 17.9. The normalized spacial score (nSPS) is 30.0. The molecular weight excluding hydrogens is 1180 g/mol. The Hall–Kier alpha value is -7.87. The highest BCUT2D eigenvalue weighted by Gasteiger charge is 2.49. The number of aryl methyl sites for hydroxylation is 1. The van der Waals surface area contributed by atoms with Crippen molar-refractivity contribution in [3.8, 4) is 11.5 Å². The second kappa shape index (κ2) is 31.4. The van der Waals surface area contributed by atoms with Crippen molar-refractivity contribution >= 4 is 65.1 Å². The lowest BCUT2D eigenvalue weighted by atomic mass is 9.62. The number of benzene rings is 3. The van der Waals surface area contributed by atoms with Gasteiger partial charge in [-0.05, 0) is 121 Å². The zero-order valence-electron chi connectivity index (χ0n) is 52.8. The van der Waals surface area contributed by atoms with Crippen LogP contribution in [-0.2, 0) is 63.6 Å². The van der Waals surface area contributed by atoms with E-state index in [1.165, 1.54) is 25.1 Å². The van der Waals surface area contributed by atoms with Gasteiger partial charge in [0.15, 0.2) is 42.8 Å². The van der Waals surface area contributed by atoms with E-state index in [-0.39, 0.29) is 99.5 Å². The van der Waals surface area contributed by atoms with E-state index in [0.29, 0.717) is 62.6 Å². The Labute approximate surface area is 527 Å². The van der Waals surface area contributed by atoms with Gasteiger partial charge in [0.25, 0.3) is 11.8 Å². The van der Waals surface area contributed by atoms with Crippen LogP contribution in [0.15, 0.2) is 68.5 Å². The number of amides is 2. The topological polar surface area (TPSA) is 372 Å². The number of aliphatic imine (C=N–C) groups is 4. The Bertz CT molecular complexity index is 3330. The van der Waals surface area contributed by atoms with Crippen LogP contribution in [0.5, 0.6) is 11.5 Å². The van der Waals surface area contributed by atoms with E-state index in [0.717, 1.165) is 35.4 Å². The maximum atomic E-state index is 13.9. The Morgan fingerprint density at radius 3 is 2.15 bits per heavy atom. The van der Waals surface area contributed by atoms with E-state index in [9.17, 15) is 39.3 Å². The van der Waals surface area contributed by atoms with Crippen molar-refractivity contribution in [1.29, 1.82) is 0 Å². The summed E-state index contributed by atoms with van der Waals surface area (Å²) in [5, 5.41) is 39.1. The number of guanidine groups is 1. The molecule has 0 bridgehead atoms. The van der Waals surface area contributed by atoms with Gasteiger partial charge in [0, 0.05) is 79.5 Å². The minimum Gasteiger partial charge on any atom is -0.507 e. The highest BCUT2D eigenvalue weighted by Crippen LogP contribution is 2.57. The Morgan fingerprint density at radius 2 is 1.53 bits per heavy atom. The lowest BCUT2D eigenvalue weighted by Gasteiger charge is -2.48. The Balaban J connectivity index is 0.000000281. The number of rotatable bonds is 16. The van der Waals surface area contributed by atoms with E-state index in [1.807, 2.05) is 47.0 Å². The summed E-state index contributed by atoms with van der Waals surface area (Å²) in [5.41, 5.74) is 9.88. The van der Waals surface area contributed by atoms with Crippen LogP contribution in [0.2, 0.25) is 0 Å². The fraction of sp³-hybridized carbons (Fsp3) is 0.554. The number of carbonyl (C=O) groups is 5. The average Bonchev–Trinajstić information content (AvgIpc) is 0.720. The van der Waals surface area contributed by atoms with Crippen molar-refractivity contribution in [2.24, 2.45) is 31.1 Å². The van der Waals surface area contributed by atoms with Crippen LogP contribution < -0.4 is 16.4 Å². The molecule has 5 unspecified atom stereocenters. The minimum absolute atomic E-state index is 0.0640. The van der Waals surface area contributed by atoms with Gasteiger partial charge in [0.2, 0.25) is 5.78 Å². The van der Waals surface area contributed by atoms with Crippen molar-refractivity contribution in [3.05, 3.63) is 93.0 Å². The van der Waals surface area contributed by atoms with Gasteiger partial charge < -0.3 is 64.5 Å². The standard InChI is InChI=1S/C43H58N2O11.C20H24N6O3.2CO2/c1-10-43(6)19-31(36-25(20(43)2)16-26-37(40(36)50)39(49)35-24(38(26)48)12-11-13-29(35)46)54-33-17-28(45(8)9)41(22(4)52-33)56-34-18-30(47)42(23(5)53-34)55-32-15-14-27(44-7)21(3)51-32;1-12(27)3-2-10-22-18(28)14-7-4-13(5-8-14)6-9-15-11-23-17-16(24-15)19(29)26-20(21)25-17;2*2-1-3/h11-13,16,20-23,28,30-34,41-42,46-47,50H,10,14-15,17-19H2,1-9H3;4-5,7-8,11,16-17H,2-3,6,9-10H2,1H3,(H,22,28)(H3,21,25,26,29);;/t20-,21?,22?,23?,28-,30-,31+,32+,33+,34+,41-,42-,43+;;;/m1.../s1. The fourth-order valence-electron chi connectivity index (χ4n) is 12.6. The number of phenolic OH excluding ortho intramolecular Hbond substituents is 2. The number of aliphatic hydroxyl groups excluding tert-OH is 1. The first-order valence-electron chi connectivity index (χ1n) is 30.4. The molecule has 490 valence electrons. The van der Waals surface area contributed by atoms with Crippen molar-refractivity contribution in [2.75, 3.05) is 27.7 Å². The molecule has 0 radical (unpaired) electrons. The second-order valence-electron chi connectivity index (χ2n) is 24.0. The molecule has 5 aliphatic heterocycles. The number of aliphatic hydroxyl groups is 1. The second-order valence-corrected chi connectivity index (χ2v) is 24.0. The number of nitrogens with two attached hydrogens (primary N) is 1. The molecule has 15 atom stereocenters. The Kier molecular flexibility index (Phi) is 24.4. The predicted octanol–water partition coefficient (Wildman–Crippen LogP) is 5.00. The third-order valence-corrected chi connectivity index (χ3v) is 17.9. The molecule has 91 heavy (non-hydrogen) atoms. The summed E-state index contributed by atoms with van der Waals surface area (Å²) in [6.07, 6.45) is 1.97. The van der Waals surface area contributed by atoms with Crippen molar-refractivity contribution in [1.82, 2.24) is 15.5 Å². The van der Waals surface area contributed by atoms with Crippen molar-refractivity contribution in [3.63, 3.8) is 0 Å². The van der Waals surface area contributed by atoms with E-state index in [4.69, 9.17) is 53.3 Å². The van der Waals surface area contributed by atoms with E-state index >= 15 is 0 Å². The maximum absolute atomic E-state index is 13.9. The van der Waals surface area contributed by atoms with Gasteiger partial charge in [0.05, 0.1) is 47.4 Å². The number of phenols is 2. The molecule has 3 saturated heterocycles. The lowest BCUT2D eigenvalue weighted by molar-refractivity contribution is -0.323. The van der Waals surface area contributed by atoms with Crippen LogP contribution >= 0.6 is 0 Å². The summed E-state index contributed by atoms with van der Waals surface area (Å²) in [4.78, 5) is 114. The van der Waals surface area contributed by atoms with E-state index < -0.39 is 79.3 Å². The largest absolute Gasteiger partial charge is 0.507 e. The maximum Gasteiger partial charge on any atom is 0.373 e. The molecule has 3 aromatic rings. The lowest BCUT2D eigenvalue weighted by Crippen LogP contribution is -2.58. The van der Waals surface area contributed by atoms with Crippen molar-refractivity contribution < 1.29 is 86.9 Å². The van der Waals surface area contributed by atoms with Crippen LogP contribution in [-0.4, -0.2) is 187 Å². The van der Waals surface area contributed by atoms with Gasteiger partial charge in [-0.2, -0.15) is 19.2 Å². The van der Waals surface area contributed by atoms with Gasteiger partial charge in [-0.25, -0.2) is 4.99 Å². The molecule has 5 heterocycles. The molecule has 10 rings (SSSR count). The summed E-state index contributed by atoms with van der Waals surface area (Å²) < 4.78 is 38.6. The molecule has 7 N–H and O–H groups in total. The molecule has 0 aromatic heterocycles. The number of nitrogens with zero attached hydrogens (tertiary/aromatic N) is 5. The molecule has 7 aliphatic rings. The van der Waals surface area contributed by atoms with Crippen LogP contribution in [0, 0.1) is 5.41 Å². The summed E-state index contributed by atoms with van der Waals surface area (Å²) in [7, 11) is 5.71. The molecule has 0 saturated carbocycles. The number of aromatic hydroxyl groups is 2. The number of Topliss-reactive ketones (excluding diaryl/α,β-unsaturated/α-hetero) is 1. The fourth-order valence-corrected chi connectivity index (χ4v) is 12.6. The van der Waals surface area contributed by atoms with Gasteiger partial charge >= 0.3 is 12.3 Å². The van der Waals surface area contributed by atoms with Crippen LogP contribution in [0.4, 0.5) is 0 Å². The first-order chi connectivity index (χ1) is 43.3.